The first kappa shape index (κ1) is 14.9. The van der Waals surface area contributed by atoms with E-state index in [1.165, 1.54) is 37.5 Å². The van der Waals surface area contributed by atoms with Gasteiger partial charge in [0.15, 0.2) is 9.84 Å². The zero-order valence-electron chi connectivity index (χ0n) is 10.1. The van der Waals surface area contributed by atoms with Crippen molar-refractivity contribution in [1.82, 2.24) is 0 Å². The van der Waals surface area contributed by atoms with Gasteiger partial charge in [0.05, 0.1) is 23.3 Å². The van der Waals surface area contributed by atoms with Crippen molar-refractivity contribution in [1.29, 1.82) is 0 Å². The summed E-state index contributed by atoms with van der Waals surface area (Å²) in [5.41, 5.74) is 0.00375. The second kappa shape index (κ2) is 6.14. The smallest absolute Gasteiger partial charge is 0.335 e. The van der Waals surface area contributed by atoms with Crippen LogP contribution in [0, 0.1) is 0 Å². The third-order valence-electron chi connectivity index (χ3n) is 2.23. The number of hydrogen-bond acceptors (Lipinski definition) is 5. The largest absolute Gasteiger partial charge is 0.478 e. The highest BCUT2D eigenvalue weighted by atomic mass is 32.2. The number of benzene rings is 1. The summed E-state index contributed by atoms with van der Waals surface area (Å²) in [5, 5.41) is 8.70. The lowest BCUT2D eigenvalue weighted by molar-refractivity contribution is -0.134. The molecule has 7 heteroatoms. The number of rotatable bonds is 5. The molecule has 0 amide bonds. The van der Waals surface area contributed by atoms with Crippen molar-refractivity contribution in [2.45, 2.75) is 4.90 Å². The van der Waals surface area contributed by atoms with E-state index in [1.54, 1.807) is 0 Å². The number of aromatic carboxylic acids is 1. The summed E-state index contributed by atoms with van der Waals surface area (Å²) in [6, 6.07) is 4.84. The van der Waals surface area contributed by atoms with Gasteiger partial charge in [-0.05, 0) is 24.3 Å². The highest BCUT2D eigenvalue weighted by Crippen LogP contribution is 2.12. The number of methoxy groups -OCH3 is 1. The van der Waals surface area contributed by atoms with Crippen LogP contribution >= 0.6 is 0 Å². The van der Waals surface area contributed by atoms with E-state index < -0.39 is 21.8 Å². The molecule has 0 atom stereocenters. The van der Waals surface area contributed by atoms with Crippen molar-refractivity contribution in [2.75, 3.05) is 12.9 Å². The van der Waals surface area contributed by atoms with E-state index in [1.807, 2.05) is 0 Å². The lowest BCUT2D eigenvalue weighted by Gasteiger charge is -2.01. The first-order chi connectivity index (χ1) is 8.86. The maximum atomic E-state index is 11.8. The number of carboxylic acid groups (broad SMARTS) is 1. The number of ether oxygens (including phenoxy) is 1. The summed E-state index contributed by atoms with van der Waals surface area (Å²) in [4.78, 5) is 21.4. The molecule has 0 spiro atoms. The Kier molecular flexibility index (Phi) is 4.82. The number of hydrogen-bond donors (Lipinski definition) is 1. The Morgan fingerprint density at radius 2 is 1.84 bits per heavy atom. The SMILES string of the molecule is COC(=O)C=CCS(=O)(=O)c1ccc(C(=O)O)cc1. The fraction of sp³-hybridized carbons (Fsp3) is 0.167. The zero-order valence-corrected chi connectivity index (χ0v) is 10.9. The Morgan fingerprint density at radius 3 is 2.32 bits per heavy atom. The van der Waals surface area contributed by atoms with Gasteiger partial charge >= 0.3 is 11.9 Å². The molecule has 0 fully saturated rings. The zero-order chi connectivity index (χ0) is 14.5. The summed E-state index contributed by atoms with van der Waals surface area (Å²) in [7, 11) is -2.41. The predicted octanol–water partition coefficient (Wildman–Crippen LogP) is 0.888. The quantitative estimate of drug-likeness (QED) is 0.637. The van der Waals surface area contributed by atoms with Gasteiger partial charge in [-0.1, -0.05) is 6.08 Å². The van der Waals surface area contributed by atoms with Gasteiger partial charge in [-0.25, -0.2) is 18.0 Å². The molecule has 0 heterocycles. The van der Waals surface area contributed by atoms with Gasteiger partial charge in [-0.15, -0.1) is 0 Å². The van der Waals surface area contributed by atoms with Crippen LogP contribution in [0.2, 0.25) is 0 Å². The van der Waals surface area contributed by atoms with Crippen molar-refractivity contribution in [2.24, 2.45) is 0 Å². The molecule has 0 aliphatic heterocycles. The number of carboxylic acids is 1. The van der Waals surface area contributed by atoms with E-state index in [0.717, 1.165) is 6.08 Å². The van der Waals surface area contributed by atoms with E-state index in [-0.39, 0.29) is 16.2 Å². The minimum Gasteiger partial charge on any atom is -0.478 e. The average Bonchev–Trinajstić information content (AvgIpc) is 2.38. The monoisotopic (exact) mass is 284 g/mol. The molecule has 0 aliphatic rings. The fourth-order valence-electron chi connectivity index (χ4n) is 1.24. The average molecular weight is 284 g/mol. The van der Waals surface area contributed by atoms with Crippen molar-refractivity contribution in [3.05, 3.63) is 42.0 Å². The van der Waals surface area contributed by atoms with Crippen molar-refractivity contribution in [3.63, 3.8) is 0 Å². The van der Waals surface area contributed by atoms with Crippen LogP contribution in [-0.4, -0.2) is 38.3 Å². The second-order valence-electron chi connectivity index (χ2n) is 3.54. The topological polar surface area (TPSA) is 97.7 Å². The van der Waals surface area contributed by atoms with E-state index in [0.29, 0.717) is 0 Å². The molecule has 19 heavy (non-hydrogen) atoms. The third-order valence-corrected chi connectivity index (χ3v) is 3.85. The minimum atomic E-state index is -3.59. The maximum Gasteiger partial charge on any atom is 0.335 e. The molecule has 0 aromatic heterocycles. The van der Waals surface area contributed by atoms with Crippen LogP contribution in [0.25, 0.3) is 0 Å². The molecule has 6 nitrogen and oxygen atoms in total. The van der Waals surface area contributed by atoms with Crippen molar-refractivity contribution < 1.29 is 27.9 Å². The van der Waals surface area contributed by atoms with E-state index >= 15 is 0 Å². The minimum absolute atomic E-state index is 0.00375. The van der Waals surface area contributed by atoms with Crippen LogP contribution in [0.1, 0.15) is 10.4 Å². The van der Waals surface area contributed by atoms with Gasteiger partial charge in [0.1, 0.15) is 0 Å². The Hall–Kier alpha value is -2.15. The van der Waals surface area contributed by atoms with Crippen LogP contribution in [0.5, 0.6) is 0 Å². The Labute approximate surface area is 110 Å². The molecule has 0 bridgehead atoms. The molecule has 1 rings (SSSR count). The van der Waals surface area contributed by atoms with Crippen molar-refractivity contribution >= 4 is 21.8 Å². The molecule has 0 saturated heterocycles. The first-order valence-corrected chi connectivity index (χ1v) is 6.82. The summed E-state index contributed by atoms with van der Waals surface area (Å²) in [6.45, 7) is 0. The van der Waals surface area contributed by atoms with Gasteiger partial charge in [0.25, 0.3) is 0 Å². The first-order valence-electron chi connectivity index (χ1n) is 5.17. The van der Waals surface area contributed by atoms with Crippen LogP contribution in [-0.2, 0) is 19.4 Å². The molecular formula is C12H12O6S. The molecule has 0 radical (unpaired) electrons. The summed E-state index contributed by atoms with van der Waals surface area (Å²) in [5.74, 6) is -2.14. The fourth-order valence-corrected chi connectivity index (χ4v) is 2.33. The van der Waals surface area contributed by atoms with Crippen LogP contribution in [0.3, 0.4) is 0 Å². The molecule has 0 unspecified atom stereocenters. The summed E-state index contributed by atoms with van der Waals surface area (Å²) in [6.07, 6.45) is 2.19. The van der Waals surface area contributed by atoms with Gasteiger partial charge in [0, 0.05) is 6.08 Å². The highest BCUT2D eigenvalue weighted by molar-refractivity contribution is 7.91. The lowest BCUT2D eigenvalue weighted by atomic mass is 10.2. The molecular weight excluding hydrogens is 272 g/mol. The van der Waals surface area contributed by atoms with E-state index in [9.17, 15) is 18.0 Å². The molecule has 0 aliphatic carbocycles. The van der Waals surface area contributed by atoms with Gasteiger partial charge in [-0.2, -0.15) is 0 Å². The Bertz CT molecular complexity index is 598. The second-order valence-corrected chi connectivity index (χ2v) is 5.57. The van der Waals surface area contributed by atoms with Gasteiger partial charge in [-0.3, -0.25) is 0 Å². The Balaban J connectivity index is 2.86. The summed E-state index contributed by atoms with van der Waals surface area (Å²) < 4.78 is 28.0. The molecule has 102 valence electrons. The lowest BCUT2D eigenvalue weighted by Crippen LogP contribution is -2.06. The molecule has 1 aromatic carbocycles. The van der Waals surface area contributed by atoms with Crippen LogP contribution in [0.4, 0.5) is 0 Å². The predicted molar refractivity (Wildman–Crippen MR) is 66.6 cm³/mol. The Morgan fingerprint density at radius 1 is 1.26 bits per heavy atom. The maximum absolute atomic E-state index is 11.8. The highest BCUT2D eigenvalue weighted by Gasteiger charge is 2.13. The van der Waals surface area contributed by atoms with Gasteiger partial charge in [0.2, 0.25) is 0 Å². The third kappa shape index (κ3) is 4.22. The molecule has 0 saturated carbocycles. The van der Waals surface area contributed by atoms with Gasteiger partial charge < -0.3 is 9.84 Å². The van der Waals surface area contributed by atoms with Crippen LogP contribution < -0.4 is 0 Å². The van der Waals surface area contributed by atoms with E-state index in [4.69, 9.17) is 5.11 Å². The normalized spacial score (nSPS) is 11.4. The number of sulfone groups is 1. The molecule has 1 aromatic rings. The van der Waals surface area contributed by atoms with Crippen LogP contribution in [0.15, 0.2) is 41.3 Å². The molecule has 1 N–H and O–H groups in total. The van der Waals surface area contributed by atoms with E-state index in [2.05, 4.69) is 4.74 Å². The standard InChI is InChI=1S/C12H12O6S/c1-18-11(13)3-2-8-19(16,17)10-6-4-9(5-7-10)12(14)15/h2-7H,8H2,1H3,(H,14,15). The number of carbonyl (C=O) groups is 2. The van der Waals surface area contributed by atoms with Crippen molar-refractivity contribution in [3.8, 4) is 0 Å². The number of carbonyl (C=O) groups excluding carboxylic acids is 1. The number of esters is 1. The summed E-state index contributed by atoms with van der Waals surface area (Å²) >= 11 is 0.